The molecule has 0 heterocycles. The number of amides is 1. The molecule has 0 bridgehead atoms. The number of ether oxygens (including phenoxy) is 1. The highest BCUT2D eigenvalue weighted by molar-refractivity contribution is 5.96. The summed E-state index contributed by atoms with van der Waals surface area (Å²) in [6.07, 6.45) is 2.11. The van der Waals surface area contributed by atoms with E-state index in [1.807, 2.05) is 0 Å². The second-order valence-corrected chi connectivity index (χ2v) is 4.13. The quantitative estimate of drug-likeness (QED) is 0.785. The van der Waals surface area contributed by atoms with Gasteiger partial charge in [-0.05, 0) is 25.0 Å². The molecule has 1 aromatic rings. The van der Waals surface area contributed by atoms with Crippen LogP contribution in [0.5, 0.6) is 5.75 Å². The van der Waals surface area contributed by atoms with Gasteiger partial charge in [-0.1, -0.05) is 6.07 Å². The molecule has 1 aromatic carbocycles. The van der Waals surface area contributed by atoms with Crippen LogP contribution in [0.25, 0.3) is 0 Å². The van der Waals surface area contributed by atoms with Gasteiger partial charge in [-0.2, -0.15) is 0 Å². The average Bonchev–Trinajstić information content (AvgIpc) is 3.01. The van der Waals surface area contributed by atoms with E-state index in [2.05, 4.69) is 0 Å². The van der Waals surface area contributed by atoms with Gasteiger partial charge in [0.05, 0.1) is 6.10 Å². The normalized spacial score (nSPS) is 14.7. The zero-order chi connectivity index (χ0) is 11.7. The lowest BCUT2D eigenvalue weighted by atomic mass is 10.1. The number of carbonyl (C=O) groups is 1. The third kappa shape index (κ3) is 2.15. The van der Waals surface area contributed by atoms with Crippen LogP contribution in [0, 0.1) is 5.82 Å². The molecule has 0 aromatic heterocycles. The van der Waals surface area contributed by atoms with Gasteiger partial charge in [0.1, 0.15) is 17.1 Å². The Hall–Kier alpha value is -1.58. The van der Waals surface area contributed by atoms with Crippen molar-refractivity contribution in [3.63, 3.8) is 0 Å². The largest absolute Gasteiger partial charge is 0.489 e. The Kier molecular flexibility index (Phi) is 2.81. The minimum Gasteiger partial charge on any atom is -0.489 e. The summed E-state index contributed by atoms with van der Waals surface area (Å²) in [5.74, 6) is -0.549. The van der Waals surface area contributed by atoms with E-state index in [-0.39, 0.29) is 17.6 Å². The first kappa shape index (κ1) is 10.9. The van der Waals surface area contributed by atoms with Crippen molar-refractivity contribution in [2.75, 3.05) is 14.1 Å². The number of halogens is 1. The molecule has 0 N–H and O–H groups in total. The number of benzene rings is 1. The molecule has 0 saturated heterocycles. The summed E-state index contributed by atoms with van der Waals surface area (Å²) in [4.78, 5) is 13.1. The van der Waals surface area contributed by atoms with Crippen LogP contribution in [0.2, 0.25) is 0 Å². The monoisotopic (exact) mass is 223 g/mol. The second-order valence-electron chi connectivity index (χ2n) is 4.13. The summed E-state index contributed by atoms with van der Waals surface area (Å²) < 4.78 is 19.1. The molecule has 1 saturated carbocycles. The summed E-state index contributed by atoms with van der Waals surface area (Å²) in [6, 6.07) is 4.47. The van der Waals surface area contributed by atoms with Gasteiger partial charge in [0.2, 0.25) is 0 Å². The van der Waals surface area contributed by atoms with Gasteiger partial charge in [0.15, 0.2) is 0 Å². The first-order chi connectivity index (χ1) is 7.59. The Morgan fingerprint density at radius 3 is 2.69 bits per heavy atom. The molecule has 0 atom stereocenters. The van der Waals surface area contributed by atoms with Crippen LogP contribution in [0.4, 0.5) is 4.39 Å². The summed E-state index contributed by atoms with van der Waals surface area (Å²) in [5.41, 5.74) is 0.0272. The molecule has 86 valence electrons. The van der Waals surface area contributed by atoms with Crippen molar-refractivity contribution in [3.05, 3.63) is 29.6 Å². The zero-order valence-electron chi connectivity index (χ0n) is 9.37. The van der Waals surface area contributed by atoms with Gasteiger partial charge >= 0.3 is 0 Å². The maximum absolute atomic E-state index is 13.6. The maximum atomic E-state index is 13.6. The molecule has 3 nitrogen and oxygen atoms in total. The molecule has 0 radical (unpaired) electrons. The molecule has 0 spiro atoms. The van der Waals surface area contributed by atoms with Crippen molar-refractivity contribution in [2.24, 2.45) is 0 Å². The third-order valence-electron chi connectivity index (χ3n) is 2.41. The summed E-state index contributed by atoms with van der Waals surface area (Å²) in [6.45, 7) is 0. The Labute approximate surface area is 93.8 Å². The number of rotatable bonds is 3. The van der Waals surface area contributed by atoms with Crippen molar-refractivity contribution >= 4 is 5.91 Å². The lowest BCUT2D eigenvalue weighted by molar-refractivity contribution is 0.0818. The van der Waals surface area contributed by atoms with E-state index in [1.54, 1.807) is 26.2 Å². The van der Waals surface area contributed by atoms with E-state index < -0.39 is 5.82 Å². The summed E-state index contributed by atoms with van der Waals surface area (Å²) in [5, 5.41) is 0. The van der Waals surface area contributed by atoms with Crippen LogP contribution in [0.1, 0.15) is 23.2 Å². The van der Waals surface area contributed by atoms with Gasteiger partial charge in [-0.15, -0.1) is 0 Å². The minimum atomic E-state index is -0.531. The molecule has 0 unspecified atom stereocenters. The highest BCUT2D eigenvalue weighted by Crippen LogP contribution is 2.30. The Morgan fingerprint density at radius 1 is 1.44 bits per heavy atom. The van der Waals surface area contributed by atoms with Crippen molar-refractivity contribution in [1.29, 1.82) is 0 Å². The van der Waals surface area contributed by atoms with Gasteiger partial charge in [0.25, 0.3) is 5.91 Å². The van der Waals surface area contributed by atoms with Crippen molar-refractivity contribution in [1.82, 2.24) is 4.90 Å². The zero-order valence-corrected chi connectivity index (χ0v) is 9.37. The molecule has 1 aliphatic carbocycles. The molecular weight excluding hydrogens is 209 g/mol. The topological polar surface area (TPSA) is 29.5 Å². The average molecular weight is 223 g/mol. The molecule has 0 aliphatic heterocycles. The smallest absolute Gasteiger partial charge is 0.260 e. The van der Waals surface area contributed by atoms with Crippen molar-refractivity contribution in [3.8, 4) is 5.75 Å². The van der Waals surface area contributed by atoms with E-state index in [0.29, 0.717) is 5.75 Å². The van der Waals surface area contributed by atoms with Gasteiger partial charge in [0, 0.05) is 14.1 Å². The molecule has 16 heavy (non-hydrogen) atoms. The van der Waals surface area contributed by atoms with E-state index in [4.69, 9.17) is 4.74 Å². The van der Waals surface area contributed by atoms with Crippen LogP contribution < -0.4 is 4.74 Å². The first-order valence-electron chi connectivity index (χ1n) is 5.26. The lowest BCUT2D eigenvalue weighted by Crippen LogP contribution is -2.23. The van der Waals surface area contributed by atoms with Gasteiger partial charge in [-0.3, -0.25) is 4.79 Å². The molecular formula is C12H14FNO2. The van der Waals surface area contributed by atoms with Crippen LogP contribution in [0.3, 0.4) is 0 Å². The van der Waals surface area contributed by atoms with Crippen molar-refractivity contribution < 1.29 is 13.9 Å². The van der Waals surface area contributed by atoms with E-state index in [9.17, 15) is 9.18 Å². The summed E-state index contributed by atoms with van der Waals surface area (Å²) in [7, 11) is 3.19. The molecule has 1 aliphatic rings. The fourth-order valence-electron chi connectivity index (χ4n) is 1.40. The van der Waals surface area contributed by atoms with Crippen LogP contribution in [-0.4, -0.2) is 31.0 Å². The standard InChI is InChI=1S/C12H14FNO2/c1-14(2)12(15)11-9(13)4-3-5-10(11)16-8-6-7-8/h3-5,8H,6-7H2,1-2H3. The van der Waals surface area contributed by atoms with Crippen molar-refractivity contribution in [2.45, 2.75) is 18.9 Å². The second kappa shape index (κ2) is 4.12. The Morgan fingerprint density at radius 2 is 2.12 bits per heavy atom. The number of hydrogen-bond donors (Lipinski definition) is 0. The number of carbonyl (C=O) groups excluding carboxylic acids is 1. The maximum Gasteiger partial charge on any atom is 0.260 e. The van der Waals surface area contributed by atoms with Gasteiger partial charge in [-0.25, -0.2) is 4.39 Å². The molecule has 1 fully saturated rings. The Balaban J connectivity index is 2.35. The summed E-state index contributed by atoms with van der Waals surface area (Å²) >= 11 is 0. The highest BCUT2D eigenvalue weighted by Gasteiger charge is 2.27. The fraction of sp³-hybridized carbons (Fsp3) is 0.417. The lowest BCUT2D eigenvalue weighted by Gasteiger charge is -2.15. The Bertz CT molecular complexity index is 413. The van der Waals surface area contributed by atoms with Gasteiger partial charge < -0.3 is 9.64 Å². The van der Waals surface area contributed by atoms with Crippen LogP contribution in [-0.2, 0) is 0 Å². The van der Waals surface area contributed by atoms with E-state index in [0.717, 1.165) is 12.8 Å². The van der Waals surface area contributed by atoms with Crippen LogP contribution in [0.15, 0.2) is 18.2 Å². The van der Waals surface area contributed by atoms with E-state index in [1.165, 1.54) is 11.0 Å². The molecule has 2 rings (SSSR count). The van der Waals surface area contributed by atoms with Crippen LogP contribution >= 0.6 is 0 Å². The minimum absolute atomic E-state index is 0.0272. The van der Waals surface area contributed by atoms with E-state index >= 15 is 0 Å². The molecule has 4 heteroatoms. The highest BCUT2D eigenvalue weighted by atomic mass is 19.1. The SMILES string of the molecule is CN(C)C(=O)c1c(F)cccc1OC1CC1. The predicted molar refractivity (Wildman–Crippen MR) is 58.1 cm³/mol. The fourth-order valence-corrected chi connectivity index (χ4v) is 1.40. The third-order valence-corrected chi connectivity index (χ3v) is 2.41. The predicted octanol–water partition coefficient (Wildman–Crippen LogP) is 2.07. The number of nitrogens with zero attached hydrogens (tertiary/aromatic N) is 1. The molecule has 1 amide bonds. The number of hydrogen-bond acceptors (Lipinski definition) is 2. The first-order valence-corrected chi connectivity index (χ1v) is 5.26.